The molecule has 216 valence electrons. The zero-order chi connectivity index (χ0) is 28.7. The number of hydrogen-bond acceptors (Lipinski definition) is 7. The average molecular weight is 566 g/mol. The van der Waals surface area contributed by atoms with Crippen LogP contribution in [0.3, 0.4) is 0 Å². The normalized spacial score (nSPS) is 19.9. The number of hydrogen-bond donors (Lipinski definition) is 2. The third-order valence-electron chi connectivity index (χ3n) is 8.39. The lowest BCUT2D eigenvalue weighted by Gasteiger charge is -2.34. The van der Waals surface area contributed by atoms with Gasteiger partial charge in [-0.25, -0.2) is 4.98 Å². The Balaban J connectivity index is 1.08. The van der Waals surface area contributed by atoms with E-state index in [9.17, 15) is 4.79 Å². The Morgan fingerprint density at radius 3 is 3.02 bits per heavy atom. The second-order valence-electron chi connectivity index (χ2n) is 11.3. The van der Waals surface area contributed by atoms with Crippen molar-refractivity contribution in [3.8, 4) is 5.75 Å². The molecule has 6 heterocycles. The first-order chi connectivity index (χ1) is 20.5. The van der Waals surface area contributed by atoms with E-state index in [0.29, 0.717) is 30.6 Å². The molecule has 7 rings (SSSR count). The monoisotopic (exact) mass is 565 g/mol. The fourth-order valence-electron chi connectivity index (χ4n) is 6.28. The zero-order valence-corrected chi connectivity index (χ0v) is 24.0. The maximum atomic E-state index is 13.5. The van der Waals surface area contributed by atoms with Gasteiger partial charge in [-0.15, -0.1) is 0 Å². The molecule has 2 N–H and O–H groups in total. The summed E-state index contributed by atoms with van der Waals surface area (Å²) < 4.78 is 16.1. The highest BCUT2D eigenvalue weighted by Gasteiger charge is 2.42. The van der Waals surface area contributed by atoms with Crippen molar-refractivity contribution in [1.82, 2.24) is 29.5 Å². The minimum Gasteiger partial charge on any atom is -0.493 e. The van der Waals surface area contributed by atoms with Crippen LogP contribution in [0.4, 0.5) is 5.69 Å². The summed E-state index contributed by atoms with van der Waals surface area (Å²) >= 11 is 0. The van der Waals surface area contributed by atoms with Crippen LogP contribution in [0.25, 0.3) is 16.6 Å². The van der Waals surface area contributed by atoms with Gasteiger partial charge >= 0.3 is 0 Å². The number of carbonyl (C=O) groups excluding carboxylic acids is 1. The Bertz CT molecular complexity index is 1770. The Labute approximate surface area is 244 Å². The molecule has 0 aliphatic carbocycles. The van der Waals surface area contributed by atoms with Crippen LogP contribution in [-0.4, -0.2) is 61.5 Å². The Kier molecular flexibility index (Phi) is 6.87. The smallest absolute Gasteiger partial charge is 0.274 e. The van der Waals surface area contributed by atoms with E-state index in [-0.39, 0.29) is 11.5 Å². The summed E-state index contributed by atoms with van der Waals surface area (Å²) in [5, 5.41) is 12.4. The molecule has 2 aliphatic heterocycles. The van der Waals surface area contributed by atoms with Gasteiger partial charge in [-0.1, -0.05) is 19.1 Å². The lowest BCUT2D eigenvalue weighted by molar-refractivity contribution is -0.0736. The van der Waals surface area contributed by atoms with Crippen LogP contribution in [0.15, 0.2) is 60.9 Å². The quantitative estimate of drug-likeness (QED) is 0.270. The number of morpholine rings is 1. The van der Waals surface area contributed by atoms with Crippen LogP contribution in [0.5, 0.6) is 5.75 Å². The van der Waals surface area contributed by atoms with E-state index in [4.69, 9.17) is 14.6 Å². The Morgan fingerprint density at radius 1 is 1.24 bits per heavy atom. The molecule has 10 nitrogen and oxygen atoms in total. The third kappa shape index (κ3) is 5.01. The van der Waals surface area contributed by atoms with Crippen molar-refractivity contribution < 1.29 is 14.3 Å². The molecule has 2 unspecified atom stereocenters. The molecule has 4 aromatic heterocycles. The number of nitrogens with zero attached hydrogens (tertiary/aromatic N) is 5. The van der Waals surface area contributed by atoms with Crippen molar-refractivity contribution in [3.05, 3.63) is 83.7 Å². The minimum atomic E-state index is -0.240. The predicted molar refractivity (Wildman–Crippen MR) is 160 cm³/mol. The summed E-state index contributed by atoms with van der Waals surface area (Å²) in [5.74, 6) is 0.485. The molecule has 0 radical (unpaired) electrons. The molecule has 42 heavy (non-hydrogen) atoms. The van der Waals surface area contributed by atoms with Crippen LogP contribution in [0, 0.1) is 6.92 Å². The lowest BCUT2D eigenvalue weighted by atomic mass is 9.97. The first-order valence-electron chi connectivity index (χ1n) is 14.7. The van der Waals surface area contributed by atoms with Gasteiger partial charge in [0.05, 0.1) is 53.6 Å². The topological polar surface area (TPSA) is 108 Å². The number of carbonyl (C=O) groups is 1. The maximum absolute atomic E-state index is 13.5. The molecule has 2 aliphatic rings. The first-order valence-corrected chi connectivity index (χ1v) is 14.7. The van der Waals surface area contributed by atoms with Crippen LogP contribution >= 0.6 is 0 Å². The molecular formula is C32H35N7O3. The fourth-order valence-corrected chi connectivity index (χ4v) is 6.28. The third-order valence-corrected chi connectivity index (χ3v) is 8.39. The molecule has 2 atom stereocenters. The van der Waals surface area contributed by atoms with E-state index in [1.54, 1.807) is 10.6 Å². The Hall–Kier alpha value is -4.28. The number of amides is 1. The summed E-state index contributed by atoms with van der Waals surface area (Å²) in [5.41, 5.74) is 5.50. The molecule has 10 heteroatoms. The lowest BCUT2D eigenvalue weighted by Crippen LogP contribution is -2.48. The Morgan fingerprint density at radius 2 is 2.14 bits per heavy atom. The molecule has 0 saturated carbocycles. The highest BCUT2D eigenvalue weighted by atomic mass is 16.5. The van der Waals surface area contributed by atoms with Crippen molar-refractivity contribution in [2.75, 3.05) is 25.0 Å². The number of benzene rings is 1. The molecule has 1 aromatic carbocycles. The van der Waals surface area contributed by atoms with Crippen LogP contribution in [-0.2, 0) is 17.7 Å². The summed E-state index contributed by atoms with van der Waals surface area (Å²) in [6.07, 6.45) is 7.52. The summed E-state index contributed by atoms with van der Waals surface area (Å²) in [4.78, 5) is 22.6. The molecule has 0 spiro atoms. The van der Waals surface area contributed by atoms with E-state index >= 15 is 0 Å². The standard InChI is InChI=1S/C32H35N7O3/c1-3-25-30-26(8-5-9-27(30)39(37-25)19-22-7-4-6-21(2)35-22)36-31(40)28-18-34-29-16-23(11-14-38(28)29)41-15-13-32-12-10-24(42-32)17-33-20-32/h4-9,11,14,16,18,24,33H,3,10,12-13,15,17,19-20H2,1-2H3,(H,36,40). The molecule has 2 saturated heterocycles. The van der Waals surface area contributed by atoms with Crippen molar-refractivity contribution >= 4 is 28.1 Å². The van der Waals surface area contributed by atoms with Crippen molar-refractivity contribution in [2.24, 2.45) is 0 Å². The number of pyridine rings is 2. The number of anilines is 1. The van der Waals surface area contributed by atoms with Gasteiger partial charge in [-0.2, -0.15) is 5.10 Å². The van der Waals surface area contributed by atoms with Crippen molar-refractivity contribution in [1.29, 1.82) is 0 Å². The van der Waals surface area contributed by atoms with Gasteiger partial charge in [0.15, 0.2) is 0 Å². The van der Waals surface area contributed by atoms with E-state index in [1.807, 2.05) is 66.3 Å². The van der Waals surface area contributed by atoms with E-state index in [2.05, 4.69) is 27.5 Å². The number of imidazole rings is 1. The fraction of sp³-hybridized carbons (Fsp3) is 0.375. The summed E-state index contributed by atoms with van der Waals surface area (Å²) in [6.45, 7) is 7.00. The number of aromatic nitrogens is 5. The van der Waals surface area contributed by atoms with Gasteiger partial charge in [0.2, 0.25) is 0 Å². The highest BCUT2D eigenvalue weighted by Crippen LogP contribution is 2.35. The number of rotatable bonds is 9. The summed E-state index contributed by atoms with van der Waals surface area (Å²) in [7, 11) is 0. The zero-order valence-electron chi connectivity index (χ0n) is 24.0. The van der Waals surface area contributed by atoms with Gasteiger partial charge in [0, 0.05) is 42.9 Å². The van der Waals surface area contributed by atoms with E-state index in [0.717, 1.165) is 78.2 Å². The number of ether oxygens (including phenoxy) is 2. The van der Waals surface area contributed by atoms with Crippen molar-refractivity contribution in [2.45, 2.75) is 57.8 Å². The largest absolute Gasteiger partial charge is 0.493 e. The second-order valence-corrected chi connectivity index (χ2v) is 11.3. The van der Waals surface area contributed by atoms with Gasteiger partial charge in [0.1, 0.15) is 17.1 Å². The highest BCUT2D eigenvalue weighted by molar-refractivity contribution is 6.08. The van der Waals surface area contributed by atoms with Gasteiger partial charge in [-0.3, -0.25) is 18.9 Å². The molecule has 5 aromatic rings. The van der Waals surface area contributed by atoms with Crippen LogP contribution in [0.1, 0.15) is 53.8 Å². The second kappa shape index (κ2) is 10.8. The molecule has 2 bridgehead atoms. The number of nitrogens with one attached hydrogen (secondary N) is 2. The van der Waals surface area contributed by atoms with E-state index in [1.165, 1.54) is 0 Å². The predicted octanol–water partition coefficient (Wildman–Crippen LogP) is 4.54. The number of aryl methyl sites for hydroxylation is 2. The first kappa shape index (κ1) is 26.6. The van der Waals surface area contributed by atoms with Gasteiger partial charge in [0.25, 0.3) is 5.91 Å². The van der Waals surface area contributed by atoms with Gasteiger partial charge in [-0.05, 0) is 56.5 Å². The van der Waals surface area contributed by atoms with E-state index < -0.39 is 0 Å². The van der Waals surface area contributed by atoms with Crippen LogP contribution < -0.4 is 15.4 Å². The maximum Gasteiger partial charge on any atom is 0.274 e. The van der Waals surface area contributed by atoms with Gasteiger partial charge < -0.3 is 20.1 Å². The van der Waals surface area contributed by atoms with Crippen molar-refractivity contribution in [3.63, 3.8) is 0 Å². The molecule has 2 fully saturated rings. The molecular weight excluding hydrogens is 530 g/mol. The van der Waals surface area contributed by atoms with Crippen LogP contribution in [0.2, 0.25) is 0 Å². The minimum absolute atomic E-state index is 0.111. The number of fused-ring (bicyclic) bond motifs is 4. The SMILES string of the molecule is CCc1nn(Cc2cccc(C)n2)c2cccc(NC(=O)c3cnc4cc(OCCC56CCC(CNC5)O6)ccn34)c12. The molecule has 1 amide bonds. The summed E-state index contributed by atoms with van der Waals surface area (Å²) in [6, 6.07) is 15.6. The average Bonchev–Trinajstić information content (AvgIpc) is 3.66.